The van der Waals surface area contributed by atoms with E-state index in [2.05, 4.69) is 17.3 Å². The fraction of sp³-hybridized carbons (Fsp3) is 0.636. The van der Waals surface area contributed by atoms with E-state index in [9.17, 15) is 10.1 Å². The van der Waals surface area contributed by atoms with Gasteiger partial charge in [-0.15, -0.1) is 0 Å². The van der Waals surface area contributed by atoms with Gasteiger partial charge in [-0.2, -0.15) is 0 Å². The standard InChI is InChI=1S/C11H17N3O3S/c1-13-2-3-17-10(7-13)6-12-5-9-4-11(14(15)16)18-8-9/h4,8,10,12H,2-3,5-7H2,1H3. The molecule has 1 aliphatic rings. The van der Waals surface area contributed by atoms with Crippen LogP contribution in [0, 0.1) is 10.1 Å². The zero-order valence-corrected chi connectivity index (χ0v) is 11.1. The Morgan fingerprint density at radius 2 is 2.56 bits per heavy atom. The number of rotatable bonds is 5. The van der Waals surface area contributed by atoms with Gasteiger partial charge in [-0.25, -0.2) is 0 Å². The second kappa shape index (κ2) is 6.24. The molecule has 0 aliphatic carbocycles. The second-order valence-electron chi connectivity index (χ2n) is 4.44. The van der Waals surface area contributed by atoms with Gasteiger partial charge in [0.05, 0.1) is 17.6 Å². The number of likely N-dealkylation sites (N-methyl/N-ethyl adjacent to an activating group) is 1. The number of thiophene rings is 1. The average Bonchev–Trinajstić information content (AvgIpc) is 2.78. The van der Waals surface area contributed by atoms with Crippen LogP contribution in [0.3, 0.4) is 0 Å². The van der Waals surface area contributed by atoms with Crippen molar-refractivity contribution in [1.82, 2.24) is 10.2 Å². The van der Waals surface area contributed by atoms with Crippen molar-refractivity contribution in [2.45, 2.75) is 12.6 Å². The Morgan fingerprint density at radius 3 is 3.22 bits per heavy atom. The zero-order chi connectivity index (χ0) is 13.0. The van der Waals surface area contributed by atoms with Crippen LogP contribution in [0.1, 0.15) is 5.56 Å². The molecular weight excluding hydrogens is 254 g/mol. The summed E-state index contributed by atoms with van der Waals surface area (Å²) in [4.78, 5) is 12.4. The monoisotopic (exact) mass is 271 g/mol. The summed E-state index contributed by atoms with van der Waals surface area (Å²) >= 11 is 1.17. The molecule has 1 aromatic heterocycles. The molecule has 0 saturated carbocycles. The minimum atomic E-state index is -0.354. The fourth-order valence-electron chi connectivity index (χ4n) is 1.92. The van der Waals surface area contributed by atoms with E-state index in [1.807, 2.05) is 5.38 Å². The van der Waals surface area contributed by atoms with Crippen LogP contribution in [0.4, 0.5) is 5.00 Å². The number of nitro groups is 1. The zero-order valence-electron chi connectivity index (χ0n) is 10.3. The van der Waals surface area contributed by atoms with Gasteiger partial charge < -0.3 is 15.0 Å². The molecule has 7 heteroatoms. The summed E-state index contributed by atoms with van der Waals surface area (Å²) in [6.07, 6.45) is 0.206. The van der Waals surface area contributed by atoms with Crippen LogP contribution < -0.4 is 5.32 Å². The fourth-order valence-corrected chi connectivity index (χ4v) is 2.65. The summed E-state index contributed by atoms with van der Waals surface area (Å²) in [6, 6.07) is 1.62. The first-order chi connectivity index (χ1) is 8.65. The number of morpholine rings is 1. The van der Waals surface area contributed by atoms with Crippen molar-refractivity contribution in [3.8, 4) is 0 Å². The van der Waals surface area contributed by atoms with Crippen molar-refractivity contribution in [3.05, 3.63) is 27.1 Å². The maximum absolute atomic E-state index is 10.5. The summed E-state index contributed by atoms with van der Waals surface area (Å²) in [7, 11) is 2.08. The summed E-state index contributed by atoms with van der Waals surface area (Å²) in [5, 5.41) is 15.8. The minimum absolute atomic E-state index is 0.195. The molecule has 0 bridgehead atoms. The number of hydrogen-bond acceptors (Lipinski definition) is 6. The van der Waals surface area contributed by atoms with Crippen LogP contribution in [0.2, 0.25) is 0 Å². The van der Waals surface area contributed by atoms with Gasteiger partial charge in [-0.3, -0.25) is 10.1 Å². The van der Waals surface area contributed by atoms with Crippen LogP contribution in [-0.2, 0) is 11.3 Å². The number of ether oxygens (including phenoxy) is 1. The molecule has 1 aromatic rings. The summed E-state index contributed by atoms with van der Waals surface area (Å²) in [6.45, 7) is 4.10. The highest BCUT2D eigenvalue weighted by molar-refractivity contribution is 7.13. The third kappa shape index (κ3) is 3.74. The molecule has 1 unspecified atom stereocenters. The van der Waals surface area contributed by atoms with Gasteiger partial charge in [0.25, 0.3) is 0 Å². The number of hydrogen-bond donors (Lipinski definition) is 1. The van der Waals surface area contributed by atoms with E-state index < -0.39 is 0 Å². The van der Waals surface area contributed by atoms with Crippen molar-refractivity contribution in [2.24, 2.45) is 0 Å². The molecule has 1 atom stereocenters. The molecule has 0 aromatic carbocycles. The smallest absolute Gasteiger partial charge is 0.324 e. The van der Waals surface area contributed by atoms with Crippen molar-refractivity contribution >= 4 is 16.3 Å². The average molecular weight is 271 g/mol. The molecule has 1 N–H and O–H groups in total. The lowest BCUT2D eigenvalue weighted by Crippen LogP contribution is -2.44. The first kappa shape index (κ1) is 13.4. The molecule has 6 nitrogen and oxygen atoms in total. The first-order valence-electron chi connectivity index (χ1n) is 5.88. The third-order valence-corrected chi connectivity index (χ3v) is 3.79. The Kier molecular flexibility index (Phi) is 4.65. The van der Waals surface area contributed by atoms with E-state index in [1.54, 1.807) is 6.07 Å². The molecule has 0 radical (unpaired) electrons. The lowest BCUT2D eigenvalue weighted by Gasteiger charge is -2.30. The van der Waals surface area contributed by atoms with Gasteiger partial charge in [-0.05, 0) is 12.6 Å². The predicted octanol–water partition coefficient (Wildman–Crippen LogP) is 1.08. The SMILES string of the molecule is CN1CCOC(CNCc2csc([N+](=O)[O-])c2)C1. The number of nitrogens with one attached hydrogen (secondary N) is 1. The Hall–Kier alpha value is -1.02. The molecule has 0 amide bonds. The maximum atomic E-state index is 10.5. The minimum Gasteiger partial charge on any atom is -0.374 e. The molecule has 2 heterocycles. The molecule has 1 saturated heterocycles. The molecule has 1 fully saturated rings. The van der Waals surface area contributed by atoms with Crippen molar-refractivity contribution in [1.29, 1.82) is 0 Å². The largest absolute Gasteiger partial charge is 0.374 e. The maximum Gasteiger partial charge on any atom is 0.324 e. The Labute approximate surface area is 110 Å². The third-order valence-electron chi connectivity index (χ3n) is 2.86. The molecule has 2 rings (SSSR count). The van der Waals surface area contributed by atoms with Gasteiger partial charge in [0, 0.05) is 37.6 Å². The van der Waals surface area contributed by atoms with Crippen molar-refractivity contribution in [2.75, 3.05) is 33.3 Å². The van der Waals surface area contributed by atoms with Gasteiger partial charge in [0.1, 0.15) is 0 Å². The van der Waals surface area contributed by atoms with E-state index in [0.29, 0.717) is 6.54 Å². The molecule has 1 aliphatic heterocycles. The Morgan fingerprint density at radius 1 is 1.72 bits per heavy atom. The number of nitrogens with zero attached hydrogens (tertiary/aromatic N) is 2. The van der Waals surface area contributed by atoms with Gasteiger partial charge >= 0.3 is 5.00 Å². The van der Waals surface area contributed by atoms with Crippen LogP contribution >= 0.6 is 11.3 Å². The highest BCUT2D eigenvalue weighted by atomic mass is 32.1. The van der Waals surface area contributed by atoms with Gasteiger partial charge in [0.2, 0.25) is 0 Å². The van der Waals surface area contributed by atoms with E-state index in [-0.39, 0.29) is 16.0 Å². The molecule has 100 valence electrons. The summed E-state index contributed by atoms with van der Waals surface area (Å²) in [5.74, 6) is 0. The van der Waals surface area contributed by atoms with Gasteiger partial charge in [-0.1, -0.05) is 11.3 Å². The summed E-state index contributed by atoms with van der Waals surface area (Å²) < 4.78 is 5.62. The quantitative estimate of drug-likeness (QED) is 0.641. The second-order valence-corrected chi connectivity index (χ2v) is 5.33. The van der Waals surface area contributed by atoms with Crippen molar-refractivity contribution in [3.63, 3.8) is 0 Å². The van der Waals surface area contributed by atoms with E-state index in [1.165, 1.54) is 11.3 Å². The van der Waals surface area contributed by atoms with E-state index in [4.69, 9.17) is 4.74 Å². The molecule has 0 spiro atoms. The Balaban J connectivity index is 1.72. The Bertz CT molecular complexity index is 410. The first-order valence-corrected chi connectivity index (χ1v) is 6.76. The molecular formula is C11H17N3O3S. The van der Waals surface area contributed by atoms with Crippen LogP contribution in [0.25, 0.3) is 0 Å². The van der Waals surface area contributed by atoms with E-state index >= 15 is 0 Å². The lowest BCUT2D eigenvalue weighted by molar-refractivity contribution is -0.380. The highest BCUT2D eigenvalue weighted by Gasteiger charge is 2.17. The highest BCUT2D eigenvalue weighted by Crippen LogP contribution is 2.22. The van der Waals surface area contributed by atoms with Crippen molar-refractivity contribution < 1.29 is 9.66 Å². The van der Waals surface area contributed by atoms with E-state index in [0.717, 1.165) is 31.8 Å². The van der Waals surface area contributed by atoms with Gasteiger partial charge in [0.15, 0.2) is 0 Å². The van der Waals surface area contributed by atoms with Crippen LogP contribution in [0.5, 0.6) is 0 Å². The van der Waals surface area contributed by atoms with Crippen LogP contribution in [0.15, 0.2) is 11.4 Å². The summed E-state index contributed by atoms with van der Waals surface area (Å²) in [5.41, 5.74) is 0.955. The molecule has 18 heavy (non-hydrogen) atoms. The predicted molar refractivity (Wildman–Crippen MR) is 69.9 cm³/mol. The lowest BCUT2D eigenvalue weighted by atomic mass is 10.2. The topological polar surface area (TPSA) is 67.6 Å². The normalized spacial score (nSPS) is 21.1. The van der Waals surface area contributed by atoms with Crippen LogP contribution in [-0.4, -0.2) is 49.2 Å².